The standard InChI is InChI=1S/C19H11Cl2N3OS.Na.H/c20-13-4-1-5-14(21)17(13)23-19-24-18(25)16(26-19)10-11-6-7-15-12(9-11)3-2-8-22-15;;/h1-10H,(H,23,24,25);;/q;+1;-1. The molecule has 4 nitrogen and oxygen atoms in total. The van der Waals surface area contributed by atoms with Crippen molar-refractivity contribution >= 4 is 68.7 Å². The first-order valence-corrected chi connectivity index (χ1v) is 9.26. The molecule has 27 heavy (non-hydrogen) atoms. The van der Waals surface area contributed by atoms with Gasteiger partial charge in [-0.25, -0.2) is 4.99 Å². The van der Waals surface area contributed by atoms with E-state index in [4.69, 9.17) is 23.2 Å². The van der Waals surface area contributed by atoms with Crippen LogP contribution in [0.25, 0.3) is 17.0 Å². The van der Waals surface area contributed by atoms with Gasteiger partial charge in [-0.3, -0.25) is 9.78 Å². The quantitative estimate of drug-likeness (QED) is 0.508. The zero-order valence-corrected chi connectivity index (χ0v) is 18.6. The number of para-hydroxylation sites is 1. The number of thioether (sulfide) groups is 1. The summed E-state index contributed by atoms with van der Waals surface area (Å²) in [6.07, 6.45) is 3.58. The first-order chi connectivity index (χ1) is 12.6. The SMILES string of the molecule is O=C1NC(=Nc2c(Cl)cccc2Cl)SC1=Cc1ccc2ncccc2c1.[H-].[Na+]. The second-order valence-electron chi connectivity index (χ2n) is 5.51. The van der Waals surface area contributed by atoms with Gasteiger partial charge in [0.2, 0.25) is 0 Å². The number of pyridine rings is 1. The van der Waals surface area contributed by atoms with E-state index in [2.05, 4.69) is 15.3 Å². The predicted octanol–water partition coefficient (Wildman–Crippen LogP) is 2.55. The molecule has 0 bridgehead atoms. The molecule has 1 aliphatic rings. The van der Waals surface area contributed by atoms with Gasteiger partial charge in [-0.1, -0.05) is 41.4 Å². The van der Waals surface area contributed by atoms with Gasteiger partial charge in [0.15, 0.2) is 5.17 Å². The monoisotopic (exact) mass is 423 g/mol. The van der Waals surface area contributed by atoms with Crippen molar-refractivity contribution < 1.29 is 35.8 Å². The van der Waals surface area contributed by atoms with Gasteiger partial charge in [-0.05, 0) is 53.7 Å². The average Bonchev–Trinajstić information content (AvgIpc) is 2.97. The summed E-state index contributed by atoms with van der Waals surface area (Å²) in [6.45, 7) is 0. The molecule has 1 fully saturated rings. The summed E-state index contributed by atoms with van der Waals surface area (Å²) in [6, 6.07) is 14.9. The molecule has 0 radical (unpaired) electrons. The number of rotatable bonds is 2. The Hall–Kier alpha value is -1.34. The molecule has 2 heterocycles. The molecular weight excluding hydrogens is 412 g/mol. The normalized spacial score (nSPS) is 16.6. The van der Waals surface area contributed by atoms with Crippen molar-refractivity contribution in [3.8, 4) is 0 Å². The van der Waals surface area contributed by atoms with Crippen molar-refractivity contribution in [1.82, 2.24) is 10.3 Å². The van der Waals surface area contributed by atoms with E-state index in [0.717, 1.165) is 16.5 Å². The molecule has 4 rings (SSSR count). The number of halogens is 2. The Morgan fingerprint density at radius 2 is 1.89 bits per heavy atom. The molecule has 1 aliphatic heterocycles. The topological polar surface area (TPSA) is 54.4 Å². The summed E-state index contributed by atoms with van der Waals surface area (Å²) in [7, 11) is 0. The molecular formula is C19H12Cl2N3NaOS. The van der Waals surface area contributed by atoms with Crippen LogP contribution in [0.15, 0.2) is 64.6 Å². The van der Waals surface area contributed by atoms with Crippen LogP contribution in [-0.4, -0.2) is 16.1 Å². The Labute approximate surface area is 193 Å². The van der Waals surface area contributed by atoms with Gasteiger partial charge in [0.1, 0.15) is 5.69 Å². The third-order valence-electron chi connectivity index (χ3n) is 3.73. The van der Waals surface area contributed by atoms with Crippen molar-refractivity contribution in [2.24, 2.45) is 4.99 Å². The van der Waals surface area contributed by atoms with E-state index in [1.165, 1.54) is 11.8 Å². The Kier molecular flexibility index (Phi) is 6.63. The zero-order valence-electron chi connectivity index (χ0n) is 15.2. The summed E-state index contributed by atoms with van der Waals surface area (Å²) >= 11 is 13.5. The minimum atomic E-state index is -0.205. The largest absolute Gasteiger partial charge is 1.00 e. The minimum absolute atomic E-state index is 0. The molecule has 0 aliphatic carbocycles. The number of amides is 1. The predicted molar refractivity (Wildman–Crippen MR) is 110 cm³/mol. The zero-order chi connectivity index (χ0) is 18.1. The van der Waals surface area contributed by atoms with Crippen LogP contribution in [0, 0.1) is 0 Å². The molecule has 130 valence electrons. The van der Waals surface area contributed by atoms with E-state index in [-0.39, 0.29) is 36.9 Å². The summed E-state index contributed by atoms with van der Waals surface area (Å²) < 4.78 is 0. The van der Waals surface area contributed by atoms with Gasteiger partial charge in [-0.15, -0.1) is 0 Å². The second kappa shape index (κ2) is 8.78. The molecule has 1 N–H and O–H groups in total. The van der Waals surface area contributed by atoms with Gasteiger partial charge in [-0.2, -0.15) is 0 Å². The van der Waals surface area contributed by atoms with Crippen molar-refractivity contribution in [1.29, 1.82) is 0 Å². The van der Waals surface area contributed by atoms with Gasteiger partial charge in [0.25, 0.3) is 5.91 Å². The number of benzene rings is 2. The minimum Gasteiger partial charge on any atom is -1.00 e. The Balaban J connectivity index is 0.00000140. The van der Waals surface area contributed by atoms with Crippen LogP contribution in [0.4, 0.5) is 5.69 Å². The maximum absolute atomic E-state index is 12.3. The molecule has 8 heteroatoms. The van der Waals surface area contributed by atoms with Crippen LogP contribution in [0.2, 0.25) is 10.0 Å². The van der Waals surface area contributed by atoms with Crippen LogP contribution in [0.3, 0.4) is 0 Å². The van der Waals surface area contributed by atoms with Crippen molar-refractivity contribution in [2.75, 3.05) is 0 Å². The fraction of sp³-hybridized carbons (Fsp3) is 0. The van der Waals surface area contributed by atoms with Gasteiger partial charge in [0, 0.05) is 11.6 Å². The van der Waals surface area contributed by atoms with Gasteiger partial charge in [0.05, 0.1) is 20.5 Å². The van der Waals surface area contributed by atoms with Crippen LogP contribution in [-0.2, 0) is 4.79 Å². The number of carbonyl (C=O) groups is 1. The number of hydrogen-bond donors (Lipinski definition) is 1. The molecule has 0 spiro atoms. The van der Waals surface area contributed by atoms with Crippen LogP contribution in [0.1, 0.15) is 6.99 Å². The molecule has 1 aromatic heterocycles. The number of aromatic nitrogens is 1. The van der Waals surface area contributed by atoms with Crippen LogP contribution < -0.4 is 34.9 Å². The third kappa shape index (κ3) is 4.57. The number of nitrogens with zero attached hydrogens (tertiary/aromatic N) is 2. The number of fused-ring (bicyclic) bond motifs is 1. The van der Waals surface area contributed by atoms with Crippen molar-refractivity contribution in [3.63, 3.8) is 0 Å². The summed E-state index contributed by atoms with van der Waals surface area (Å²) in [4.78, 5) is 21.5. The van der Waals surface area contributed by atoms with E-state index >= 15 is 0 Å². The smallest absolute Gasteiger partial charge is 1.00 e. The average molecular weight is 424 g/mol. The van der Waals surface area contributed by atoms with E-state index in [1.807, 2.05) is 36.4 Å². The summed E-state index contributed by atoms with van der Waals surface area (Å²) in [5.74, 6) is -0.205. The Morgan fingerprint density at radius 1 is 1.11 bits per heavy atom. The summed E-state index contributed by atoms with van der Waals surface area (Å²) in [5, 5.41) is 5.06. The first-order valence-electron chi connectivity index (χ1n) is 7.68. The van der Waals surface area contributed by atoms with Crippen LogP contribution in [0.5, 0.6) is 0 Å². The number of amidine groups is 1. The molecule has 0 atom stereocenters. The number of nitrogens with one attached hydrogen (secondary N) is 1. The molecule has 3 aromatic rings. The first kappa shape index (κ1) is 20.4. The summed E-state index contributed by atoms with van der Waals surface area (Å²) in [5.41, 5.74) is 2.27. The van der Waals surface area contributed by atoms with E-state index in [0.29, 0.717) is 25.8 Å². The molecule has 1 saturated heterocycles. The molecule has 2 aromatic carbocycles. The van der Waals surface area contributed by atoms with Crippen LogP contribution >= 0.6 is 35.0 Å². The molecule has 0 saturated carbocycles. The maximum atomic E-state index is 12.3. The Bertz CT molecular complexity index is 1090. The van der Waals surface area contributed by atoms with Crippen molar-refractivity contribution in [3.05, 3.63) is 75.2 Å². The molecule has 0 unspecified atom stereocenters. The van der Waals surface area contributed by atoms with E-state index < -0.39 is 0 Å². The second-order valence-corrected chi connectivity index (χ2v) is 7.35. The molecule has 1 amide bonds. The van der Waals surface area contributed by atoms with E-state index in [1.54, 1.807) is 24.4 Å². The fourth-order valence-electron chi connectivity index (χ4n) is 2.51. The maximum Gasteiger partial charge on any atom is 1.00 e. The fourth-order valence-corrected chi connectivity index (χ4v) is 3.82. The number of carbonyl (C=O) groups excluding carboxylic acids is 1. The number of hydrogen-bond acceptors (Lipinski definition) is 4. The van der Waals surface area contributed by atoms with Gasteiger partial charge >= 0.3 is 29.6 Å². The van der Waals surface area contributed by atoms with E-state index in [9.17, 15) is 4.79 Å². The Morgan fingerprint density at radius 3 is 2.67 bits per heavy atom. The third-order valence-corrected chi connectivity index (χ3v) is 5.25. The van der Waals surface area contributed by atoms with Gasteiger partial charge < -0.3 is 6.74 Å². The number of aliphatic imine (C=N–C) groups is 1. The van der Waals surface area contributed by atoms with Crippen molar-refractivity contribution in [2.45, 2.75) is 0 Å².